The summed E-state index contributed by atoms with van der Waals surface area (Å²) >= 11 is 3.24. The van der Waals surface area contributed by atoms with Gasteiger partial charge in [0.05, 0.1) is 6.10 Å². The van der Waals surface area contributed by atoms with Crippen molar-refractivity contribution in [1.82, 2.24) is 0 Å². The van der Waals surface area contributed by atoms with E-state index in [9.17, 15) is 23.1 Å². The number of benzene rings is 1. The number of aliphatic hydroxyl groups is 1. The van der Waals surface area contributed by atoms with E-state index in [2.05, 4.69) is 15.9 Å². The quantitative estimate of drug-likeness (QED) is 0.826. The molecular formula is C14H14BrF3O3. The van der Waals surface area contributed by atoms with E-state index in [1.165, 1.54) is 0 Å². The number of hydrogen-bond donors (Lipinski definition) is 1. The number of ether oxygens (including phenoxy) is 1. The van der Waals surface area contributed by atoms with Crippen LogP contribution in [0.25, 0.3) is 0 Å². The molecule has 21 heavy (non-hydrogen) atoms. The lowest BCUT2D eigenvalue weighted by atomic mass is 9.96. The van der Waals surface area contributed by atoms with Gasteiger partial charge in [0.15, 0.2) is 5.78 Å². The molecule has 1 heterocycles. The molecular weight excluding hydrogens is 353 g/mol. The highest BCUT2D eigenvalue weighted by molar-refractivity contribution is 9.10. The van der Waals surface area contributed by atoms with Crippen molar-refractivity contribution in [1.29, 1.82) is 0 Å². The van der Waals surface area contributed by atoms with Crippen molar-refractivity contribution < 1.29 is 27.8 Å². The summed E-state index contributed by atoms with van der Waals surface area (Å²) in [6, 6.07) is 6.54. The second-order valence-electron chi connectivity index (χ2n) is 5.05. The van der Waals surface area contributed by atoms with Crippen molar-refractivity contribution in [3.8, 4) is 0 Å². The minimum atomic E-state index is -4.85. The predicted octanol–water partition coefficient (Wildman–Crippen LogP) is 3.84. The van der Waals surface area contributed by atoms with Gasteiger partial charge in [-0.3, -0.25) is 4.79 Å². The largest absolute Gasteiger partial charge is 0.443 e. The SMILES string of the molecule is O=C(C[C@@H]1CCC[C@](O)(C(F)(F)F)O1)c1ccc(Br)cc1. The van der Waals surface area contributed by atoms with Gasteiger partial charge in [-0.05, 0) is 25.0 Å². The maximum Gasteiger partial charge on any atom is 0.443 e. The first-order valence-electron chi connectivity index (χ1n) is 6.47. The van der Waals surface area contributed by atoms with Gasteiger partial charge in [0.1, 0.15) is 0 Å². The average Bonchev–Trinajstić information content (AvgIpc) is 2.38. The Morgan fingerprint density at radius 1 is 1.38 bits per heavy atom. The monoisotopic (exact) mass is 366 g/mol. The molecule has 0 radical (unpaired) electrons. The fraction of sp³-hybridized carbons (Fsp3) is 0.500. The predicted molar refractivity (Wildman–Crippen MR) is 72.8 cm³/mol. The highest BCUT2D eigenvalue weighted by Gasteiger charge is 2.57. The van der Waals surface area contributed by atoms with E-state index in [0.29, 0.717) is 12.0 Å². The maximum atomic E-state index is 12.7. The fourth-order valence-corrected chi connectivity index (χ4v) is 2.54. The molecule has 1 aromatic rings. The number of rotatable bonds is 3. The van der Waals surface area contributed by atoms with Crippen molar-refractivity contribution in [2.24, 2.45) is 0 Å². The number of carbonyl (C=O) groups is 1. The molecule has 2 rings (SSSR count). The molecule has 0 aromatic heterocycles. The lowest BCUT2D eigenvalue weighted by Gasteiger charge is -2.37. The summed E-state index contributed by atoms with van der Waals surface area (Å²) in [6.45, 7) is 0. The van der Waals surface area contributed by atoms with E-state index in [1.54, 1.807) is 24.3 Å². The molecule has 0 spiro atoms. The first kappa shape index (κ1) is 16.5. The Morgan fingerprint density at radius 3 is 2.57 bits per heavy atom. The Balaban J connectivity index is 2.03. The Morgan fingerprint density at radius 2 is 2.00 bits per heavy atom. The molecule has 1 aliphatic heterocycles. The van der Waals surface area contributed by atoms with Crippen LogP contribution in [0.3, 0.4) is 0 Å². The standard InChI is InChI=1S/C14H14BrF3O3/c15-10-5-3-9(4-6-10)12(19)8-11-2-1-7-13(20,21-11)14(16,17)18/h3-6,11,20H,1-2,7-8H2/t11-,13+/m0/s1. The van der Waals surface area contributed by atoms with Crippen LogP contribution in [-0.2, 0) is 4.74 Å². The summed E-state index contributed by atoms with van der Waals surface area (Å²) in [5.41, 5.74) is 0.405. The van der Waals surface area contributed by atoms with Gasteiger partial charge in [0, 0.05) is 22.9 Å². The first-order chi connectivity index (χ1) is 9.71. The van der Waals surface area contributed by atoms with E-state index in [4.69, 9.17) is 4.74 Å². The Bertz CT molecular complexity index is 515. The molecule has 0 aliphatic carbocycles. The minimum Gasteiger partial charge on any atom is -0.359 e. The Hall–Kier alpha value is -0.920. The van der Waals surface area contributed by atoms with Crippen molar-refractivity contribution >= 4 is 21.7 Å². The first-order valence-corrected chi connectivity index (χ1v) is 7.26. The molecule has 0 unspecified atom stereocenters. The van der Waals surface area contributed by atoms with Crippen LogP contribution < -0.4 is 0 Å². The normalized spacial score (nSPS) is 26.6. The Kier molecular flexibility index (Phi) is 4.75. The highest BCUT2D eigenvalue weighted by atomic mass is 79.9. The lowest BCUT2D eigenvalue weighted by molar-refractivity contribution is -0.388. The topological polar surface area (TPSA) is 46.5 Å². The maximum absolute atomic E-state index is 12.7. The van der Waals surface area contributed by atoms with Crippen molar-refractivity contribution in [3.05, 3.63) is 34.3 Å². The molecule has 1 saturated heterocycles. The van der Waals surface area contributed by atoms with Crippen LogP contribution in [-0.4, -0.2) is 29.0 Å². The van der Waals surface area contributed by atoms with Gasteiger partial charge < -0.3 is 9.84 Å². The van der Waals surface area contributed by atoms with Crippen LogP contribution in [0.2, 0.25) is 0 Å². The number of ketones is 1. The van der Waals surface area contributed by atoms with Crippen LogP contribution in [0, 0.1) is 0 Å². The summed E-state index contributed by atoms with van der Waals surface area (Å²) in [7, 11) is 0. The summed E-state index contributed by atoms with van der Waals surface area (Å²) in [4.78, 5) is 12.0. The molecule has 1 aromatic carbocycles. The summed E-state index contributed by atoms with van der Waals surface area (Å²) in [5, 5.41) is 9.53. The number of hydrogen-bond acceptors (Lipinski definition) is 3. The van der Waals surface area contributed by atoms with Crippen LogP contribution >= 0.6 is 15.9 Å². The van der Waals surface area contributed by atoms with E-state index >= 15 is 0 Å². The van der Waals surface area contributed by atoms with E-state index in [0.717, 1.165) is 4.47 Å². The third kappa shape index (κ3) is 3.84. The third-order valence-corrected chi connectivity index (χ3v) is 3.95. The molecule has 0 bridgehead atoms. The molecule has 0 amide bonds. The van der Waals surface area contributed by atoms with E-state index < -0.39 is 24.5 Å². The number of alkyl halides is 3. The van der Waals surface area contributed by atoms with Crippen LogP contribution in [0.5, 0.6) is 0 Å². The molecule has 3 nitrogen and oxygen atoms in total. The molecule has 0 saturated carbocycles. The molecule has 7 heteroatoms. The molecule has 1 aliphatic rings. The molecule has 1 N–H and O–H groups in total. The zero-order valence-electron chi connectivity index (χ0n) is 11.0. The third-order valence-electron chi connectivity index (χ3n) is 3.43. The van der Waals surface area contributed by atoms with Gasteiger partial charge in [0.25, 0.3) is 5.79 Å². The van der Waals surface area contributed by atoms with Crippen LogP contribution in [0.1, 0.15) is 36.0 Å². The fourth-order valence-electron chi connectivity index (χ4n) is 2.28. The van der Waals surface area contributed by atoms with Gasteiger partial charge >= 0.3 is 6.18 Å². The highest BCUT2D eigenvalue weighted by Crippen LogP contribution is 2.40. The van der Waals surface area contributed by atoms with Crippen molar-refractivity contribution in [3.63, 3.8) is 0 Å². The zero-order chi connectivity index (χ0) is 15.7. The Labute approximate surface area is 128 Å². The second-order valence-corrected chi connectivity index (χ2v) is 5.96. The smallest absolute Gasteiger partial charge is 0.359 e. The van der Waals surface area contributed by atoms with Gasteiger partial charge in [0.2, 0.25) is 0 Å². The summed E-state index contributed by atoms with van der Waals surface area (Å²) in [6.07, 6.45) is -5.98. The minimum absolute atomic E-state index is 0.161. The lowest BCUT2D eigenvalue weighted by Crippen LogP contribution is -2.52. The summed E-state index contributed by atoms with van der Waals surface area (Å²) < 4.78 is 43.8. The van der Waals surface area contributed by atoms with Crippen LogP contribution in [0.15, 0.2) is 28.7 Å². The van der Waals surface area contributed by atoms with Gasteiger partial charge in [-0.1, -0.05) is 28.1 Å². The molecule has 116 valence electrons. The average molecular weight is 367 g/mol. The van der Waals surface area contributed by atoms with Gasteiger partial charge in [-0.25, -0.2) is 0 Å². The van der Waals surface area contributed by atoms with E-state index in [1.807, 2.05) is 0 Å². The van der Waals surface area contributed by atoms with Gasteiger partial charge in [-0.15, -0.1) is 0 Å². The van der Waals surface area contributed by atoms with Crippen LogP contribution in [0.4, 0.5) is 13.2 Å². The number of carbonyl (C=O) groups excluding carboxylic acids is 1. The van der Waals surface area contributed by atoms with Crippen molar-refractivity contribution in [2.75, 3.05) is 0 Å². The summed E-state index contributed by atoms with van der Waals surface area (Å²) in [5.74, 6) is -3.45. The number of Topliss-reactive ketones (excluding diaryl/α,β-unsaturated/α-hetero) is 1. The van der Waals surface area contributed by atoms with Gasteiger partial charge in [-0.2, -0.15) is 13.2 Å². The zero-order valence-corrected chi connectivity index (χ0v) is 12.6. The molecule has 2 atom stereocenters. The number of halogens is 4. The van der Waals surface area contributed by atoms with E-state index in [-0.39, 0.29) is 18.6 Å². The van der Waals surface area contributed by atoms with Crippen molar-refractivity contribution in [2.45, 2.75) is 43.8 Å². The molecule has 1 fully saturated rings. The second kappa shape index (κ2) is 6.06.